The second-order valence-corrected chi connectivity index (χ2v) is 9.53. The summed E-state index contributed by atoms with van der Waals surface area (Å²) in [5.74, 6) is 0.416. The van der Waals surface area contributed by atoms with Gasteiger partial charge in [0, 0.05) is 0 Å². The second kappa shape index (κ2) is 9.65. The molecule has 122 valence electrons. The molecule has 2 aromatic rings. The molecule has 0 aromatic heterocycles. The van der Waals surface area contributed by atoms with E-state index >= 15 is 0 Å². The molecule has 0 N–H and O–H groups in total. The molecule has 3 heteroatoms. The van der Waals surface area contributed by atoms with Crippen molar-refractivity contribution in [1.29, 1.82) is 0 Å². The van der Waals surface area contributed by atoms with Crippen LogP contribution in [0.15, 0.2) is 60.7 Å². The predicted octanol–water partition coefficient (Wildman–Crippen LogP) is -0.979. The third kappa shape index (κ3) is 4.88. The number of allylic oxidation sites excluding steroid dienone is 4. The van der Waals surface area contributed by atoms with Crippen molar-refractivity contribution < 1.29 is 48.7 Å². The molecule has 0 radical (unpaired) electrons. The largest absolute Gasteiger partial charge is 1.00 e. The molecule has 0 fully saturated rings. The van der Waals surface area contributed by atoms with Crippen molar-refractivity contribution in [3.63, 3.8) is 0 Å². The summed E-state index contributed by atoms with van der Waals surface area (Å²) >= 11 is 1.27. The normalized spacial score (nSPS) is 13.2. The van der Waals surface area contributed by atoms with Crippen LogP contribution >= 0.6 is 0 Å². The quantitative estimate of drug-likeness (QED) is 0.286. The van der Waals surface area contributed by atoms with Crippen LogP contribution < -0.4 is 24.8 Å². The second-order valence-electron chi connectivity index (χ2n) is 5.94. The minimum Gasteiger partial charge on any atom is -1.00 e. The van der Waals surface area contributed by atoms with Gasteiger partial charge in [0.15, 0.2) is 0 Å². The van der Waals surface area contributed by atoms with Crippen molar-refractivity contribution in [3.05, 3.63) is 83.5 Å². The van der Waals surface area contributed by atoms with Crippen molar-refractivity contribution in [2.75, 3.05) is 0 Å². The van der Waals surface area contributed by atoms with E-state index in [1.54, 1.807) is 3.26 Å². The molecule has 0 nitrogen and oxygen atoms in total. The van der Waals surface area contributed by atoms with Crippen LogP contribution in [0.4, 0.5) is 0 Å². The van der Waals surface area contributed by atoms with Gasteiger partial charge in [0.05, 0.1) is 0 Å². The Morgan fingerprint density at radius 2 is 1.58 bits per heavy atom. The Labute approximate surface area is 171 Å². The van der Waals surface area contributed by atoms with Crippen LogP contribution in [0.1, 0.15) is 36.5 Å². The molecule has 0 unspecified atom stereocenters. The van der Waals surface area contributed by atoms with Crippen LogP contribution in [0.3, 0.4) is 0 Å². The van der Waals surface area contributed by atoms with E-state index in [0.717, 1.165) is 6.42 Å². The molecule has 2 aliphatic rings. The summed E-state index contributed by atoms with van der Waals surface area (Å²) in [6, 6.07) is 16.7. The van der Waals surface area contributed by atoms with Gasteiger partial charge in [-0.15, -0.1) is 11.1 Å². The molecule has 0 bridgehead atoms. The van der Waals surface area contributed by atoms with Gasteiger partial charge in [-0.2, -0.15) is 23.8 Å². The minimum atomic E-state index is 0. The number of hydrogen-bond acceptors (Lipinski definition) is 0. The third-order valence-electron chi connectivity index (χ3n) is 3.83. The fourth-order valence-electron chi connectivity index (χ4n) is 2.91. The summed E-state index contributed by atoms with van der Waals surface area (Å²) in [5, 5.41) is 0. The first-order chi connectivity index (χ1) is 10.6. The molecule has 0 aliphatic heterocycles. The number of rotatable bonds is 1. The van der Waals surface area contributed by atoms with Crippen LogP contribution in [0.2, 0.25) is 0 Å². The topological polar surface area (TPSA) is 0 Å². The van der Waals surface area contributed by atoms with Crippen molar-refractivity contribution >= 4 is 3.26 Å². The zero-order valence-corrected chi connectivity index (χ0v) is 18.9. The van der Waals surface area contributed by atoms with Gasteiger partial charge in [-0.1, -0.05) is 59.7 Å². The van der Waals surface area contributed by atoms with Gasteiger partial charge in [0.25, 0.3) is 0 Å². The van der Waals surface area contributed by atoms with Crippen molar-refractivity contribution in [2.24, 2.45) is 0 Å². The molecule has 0 amide bonds. The Morgan fingerprint density at radius 3 is 2.25 bits per heavy atom. The van der Waals surface area contributed by atoms with E-state index in [4.69, 9.17) is 0 Å². The predicted molar refractivity (Wildman–Crippen MR) is 90.9 cm³/mol. The van der Waals surface area contributed by atoms with Gasteiger partial charge < -0.3 is 24.8 Å². The number of halogens is 2. The van der Waals surface area contributed by atoms with E-state index in [-0.39, 0.29) is 24.8 Å². The SMILES string of the molecule is C[C](C)=[Hf+2].[Cl-].[Cl-].[c-]1c(C2C=CC=C2)ccc2c1Cc1ccccc1-2. The molecule has 4 rings (SSSR count). The fourth-order valence-corrected chi connectivity index (χ4v) is 2.91. The molecule has 0 heterocycles. The Kier molecular flexibility index (Phi) is 8.56. The van der Waals surface area contributed by atoms with Gasteiger partial charge in [-0.25, -0.2) is 0 Å². The first-order valence-corrected chi connectivity index (χ1v) is 9.45. The molecule has 0 atom stereocenters. The van der Waals surface area contributed by atoms with Gasteiger partial charge in [0.1, 0.15) is 0 Å². The van der Waals surface area contributed by atoms with Crippen LogP contribution in [-0.2, 0) is 30.3 Å². The fraction of sp³-hybridized carbons (Fsp3) is 0.190. The summed E-state index contributed by atoms with van der Waals surface area (Å²) in [6.07, 6.45) is 9.70. The number of hydrogen-bond donors (Lipinski definition) is 0. The van der Waals surface area contributed by atoms with Crippen molar-refractivity contribution in [1.82, 2.24) is 0 Å². The van der Waals surface area contributed by atoms with Crippen molar-refractivity contribution in [3.8, 4) is 11.1 Å². The molecule has 2 aliphatic carbocycles. The summed E-state index contributed by atoms with van der Waals surface area (Å²) in [6.45, 7) is 4.29. The average molecular weight is 521 g/mol. The molecule has 24 heavy (non-hydrogen) atoms. The van der Waals surface area contributed by atoms with Crippen LogP contribution in [-0.4, -0.2) is 3.26 Å². The zero-order chi connectivity index (χ0) is 15.5. The summed E-state index contributed by atoms with van der Waals surface area (Å²) in [5.41, 5.74) is 6.81. The van der Waals surface area contributed by atoms with E-state index in [2.05, 4.69) is 80.6 Å². The monoisotopic (exact) mass is 521 g/mol. The minimum absolute atomic E-state index is 0. The van der Waals surface area contributed by atoms with E-state index in [0.29, 0.717) is 5.92 Å². The maximum absolute atomic E-state index is 3.61. The molecule has 0 saturated heterocycles. The van der Waals surface area contributed by atoms with E-state index in [1.165, 1.54) is 51.7 Å². The molecular weight excluding hydrogens is 502 g/mol. The molecule has 0 saturated carbocycles. The Balaban J connectivity index is 0.000000438. The molecular formula is C21H19Cl2Hf-. The zero-order valence-electron chi connectivity index (χ0n) is 13.8. The average Bonchev–Trinajstić information content (AvgIpc) is 3.13. The van der Waals surface area contributed by atoms with Crippen LogP contribution in [0, 0.1) is 6.07 Å². The Bertz CT molecular complexity index is 759. The van der Waals surface area contributed by atoms with Gasteiger partial charge in [-0.3, -0.25) is 0 Å². The smallest absolute Gasteiger partial charge is 0.00217 e. The third-order valence-corrected chi connectivity index (χ3v) is 3.83. The van der Waals surface area contributed by atoms with Gasteiger partial charge >= 0.3 is 41.0 Å². The first kappa shape index (κ1) is 21.3. The first-order valence-electron chi connectivity index (χ1n) is 7.65. The van der Waals surface area contributed by atoms with Gasteiger partial charge in [0.2, 0.25) is 0 Å². The molecule has 2 aromatic carbocycles. The maximum Gasteiger partial charge on any atom is -0.00217 e. The molecule has 0 spiro atoms. The van der Waals surface area contributed by atoms with Crippen LogP contribution in [0.25, 0.3) is 11.1 Å². The van der Waals surface area contributed by atoms with E-state index in [9.17, 15) is 0 Å². The van der Waals surface area contributed by atoms with E-state index < -0.39 is 0 Å². The Hall–Kier alpha value is -0.760. The summed E-state index contributed by atoms with van der Waals surface area (Å²) in [4.78, 5) is 0. The van der Waals surface area contributed by atoms with Crippen LogP contribution in [0.5, 0.6) is 0 Å². The standard InChI is InChI=1S/C18H13.C3H6.2ClH.Hf/c1-2-6-13(5-1)14-9-10-18-16(11-14)12-15-7-3-4-8-17(15)18;1-3-2;;;/h1-10,13H,12H2;1-2H3;2*1H;/q-1;;;;+2/p-2. The maximum atomic E-state index is 3.61. The summed E-state index contributed by atoms with van der Waals surface area (Å²) in [7, 11) is 0. The van der Waals surface area contributed by atoms with Crippen molar-refractivity contribution in [2.45, 2.75) is 26.2 Å². The van der Waals surface area contributed by atoms with Gasteiger partial charge in [-0.05, 0) is 12.3 Å². The number of benzene rings is 2. The van der Waals surface area contributed by atoms with E-state index in [1.807, 2.05) is 0 Å². The number of fused-ring (bicyclic) bond motifs is 3. The summed E-state index contributed by atoms with van der Waals surface area (Å²) < 4.78 is 1.56. The Morgan fingerprint density at radius 1 is 0.958 bits per heavy atom.